The molecule has 320 valence electrons. The van der Waals surface area contributed by atoms with Crippen molar-refractivity contribution in [2.45, 2.75) is 71.6 Å². The lowest BCUT2D eigenvalue weighted by Gasteiger charge is -2.29. The van der Waals surface area contributed by atoms with Crippen LogP contribution in [-0.4, -0.2) is 0 Å². The number of fused-ring (bicyclic) bond motifs is 4. The molecule has 0 radical (unpaired) electrons. The van der Waals surface area contributed by atoms with Gasteiger partial charge >= 0.3 is 0 Å². The van der Waals surface area contributed by atoms with Gasteiger partial charge in [-0.15, -0.1) is 0 Å². The summed E-state index contributed by atoms with van der Waals surface area (Å²) in [6, 6.07) is 76.5. The zero-order valence-corrected chi connectivity index (χ0v) is 39.0. The van der Waals surface area contributed by atoms with E-state index in [2.05, 4.69) is 271 Å². The average Bonchev–Trinajstić information content (AvgIpc) is 3.53. The molecule has 0 N–H and O–H groups in total. The average molecular weight is 843 g/mol. The van der Waals surface area contributed by atoms with Crippen LogP contribution in [0.25, 0.3) is 44.2 Å². The van der Waals surface area contributed by atoms with Crippen LogP contribution < -0.4 is 9.80 Å². The van der Waals surface area contributed by atoms with Gasteiger partial charge in [-0.05, 0) is 162 Å². The Labute approximate surface area is 386 Å². The molecule has 0 heterocycles. The van der Waals surface area contributed by atoms with Crippen molar-refractivity contribution in [3.8, 4) is 33.4 Å². The maximum atomic E-state index is 2.46. The summed E-state index contributed by atoms with van der Waals surface area (Å²) >= 11 is 0. The second-order valence-corrected chi connectivity index (χ2v) is 20.4. The summed E-state index contributed by atoms with van der Waals surface area (Å²) in [6.07, 6.45) is 0. The highest BCUT2D eigenvalue weighted by Gasteiger charge is 2.36. The zero-order chi connectivity index (χ0) is 45.1. The van der Waals surface area contributed by atoms with Crippen molar-refractivity contribution in [3.63, 3.8) is 0 Å². The third-order valence-electron chi connectivity index (χ3n) is 13.6. The zero-order valence-electron chi connectivity index (χ0n) is 39.0. The van der Waals surface area contributed by atoms with E-state index >= 15 is 0 Å². The minimum Gasteiger partial charge on any atom is -0.310 e. The summed E-state index contributed by atoms with van der Waals surface area (Å²) in [7, 11) is 0. The van der Waals surface area contributed by atoms with Crippen LogP contribution in [0.5, 0.6) is 0 Å². The fourth-order valence-electron chi connectivity index (χ4n) is 9.72. The van der Waals surface area contributed by atoms with Gasteiger partial charge < -0.3 is 9.80 Å². The maximum absolute atomic E-state index is 2.46. The van der Waals surface area contributed by atoms with Crippen LogP contribution >= 0.6 is 0 Å². The molecule has 0 bridgehead atoms. The molecular weight excluding hydrogens is 785 g/mol. The number of anilines is 6. The van der Waals surface area contributed by atoms with Gasteiger partial charge in [0.05, 0.1) is 0 Å². The highest BCUT2D eigenvalue weighted by atomic mass is 15.1. The van der Waals surface area contributed by atoms with Crippen molar-refractivity contribution in [3.05, 3.63) is 229 Å². The van der Waals surface area contributed by atoms with Gasteiger partial charge in [0.2, 0.25) is 0 Å². The monoisotopic (exact) mass is 842 g/mol. The quantitative estimate of drug-likeness (QED) is 0.150. The summed E-state index contributed by atoms with van der Waals surface area (Å²) in [6.45, 7) is 18.4. The Kier molecular flexibility index (Phi) is 10.4. The van der Waals surface area contributed by atoms with Gasteiger partial charge in [0.25, 0.3) is 0 Å². The first kappa shape index (κ1) is 41.8. The molecule has 9 aromatic rings. The number of rotatable bonds is 8. The van der Waals surface area contributed by atoms with Crippen molar-refractivity contribution >= 4 is 44.9 Å². The molecule has 0 atom stereocenters. The molecule has 9 aromatic carbocycles. The van der Waals surface area contributed by atoms with Crippen molar-refractivity contribution in [1.29, 1.82) is 0 Å². The van der Waals surface area contributed by atoms with E-state index in [0.29, 0.717) is 0 Å². The Morgan fingerprint density at radius 2 is 0.677 bits per heavy atom. The molecule has 10 rings (SSSR count). The lowest BCUT2D eigenvalue weighted by molar-refractivity contribution is 0.590. The Balaban J connectivity index is 1.04. The molecule has 2 nitrogen and oxygen atoms in total. The summed E-state index contributed by atoms with van der Waals surface area (Å²) in [5.74, 6) is 0. The van der Waals surface area contributed by atoms with Gasteiger partial charge in [0.1, 0.15) is 0 Å². The lowest BCUT2D eigenvalue weighted by atomic mass is 9.81. The normalized spacial score (nSPS) is 13.0. The molecule has 65 heavy (non-hydrogen) atoms. The van der Waals surface area contributed by atoms with E-state index in [1.54, 1.807) is 0 Å². The van der Waals surface area contributed by atoms with Gasteiger partial charge in [-0.2, -0.15) is 0 Å². The molecule has 2 heteroatoms. The van der Waals surface area contributed by atoms with Crippen molar-refractivity contribution in [1.82, 2.24) is 0 Å². The summed E-state index contributed by atoms with van der Waals surface area (Å²) in [5.41, 5.74) is 19.6. The minimum atomic E-state index is -0.223. The van der Waals surface area contributed by atoms with E-state index in [4.69, 9.17) is 0 Å². The molecule has 0 amide bonds. The molecular formula is C63H58N2. The van der Waals surface area contributed by atoms with E-state index in [1.165, 1.54) is 66.4 Å². The Bertz CT molecular complexity index is 3130. The van der Waals surface area contributed by atoms with E-state index in [0.717, 1.165) is 34.1 Å². The first-order chi connectivity index (χ1) is 31.2. The number of benzene rings is 9. The predicted molar refractivity (Wildman–Crippen MR) is 279 cm³/mol. The smallest absolute Gasteiger partial charge is 0.0468 e. The van der Waals surface area contributed by atoms with Crippen LogP contribution in [-0.2, 0) is 16.2 Å². The molecule has 1 aliphatic rings. The fourth-order valence-corrected chi connectivity index (χ4v) is 9.72. The van der Waals surface area contributed by atoms with Crippen LogP contribution in [0.2, 0.25) is 0 Å². The second kappa shape index (κ2) is 16.1. The topological polar surface area (TPSA) is 6.48 Å². The van der Waals surface area contributed by atoms with E-state index in [1.807, 2.05) is 0 Å². The van der Waals surface area contributed by atoms with Crippen LogP contribution in [0.4, 0.5) is 34.1 Å². The summed E-state index contributed by atoms with van der Waals surface area (Å²) in [4.78, 5) is 4.81. The molecule has 0 aliphatic heterocycles. The van der Waals surface area contributed by atoms with E-state index in [-0.39, 0.29) is 16.2 Å². The highest BCUT2D eigenvalue weighted by Crippen LogP contribution is 2.52. The molecule has 0 saturated carbocycles. The molecule has 0 spiro atoms. The molecule has 0 fully saturated rings. The van der Waals surface area contributed by atoms with E-state index < -0.39 is 0 Å². The van der Waals surface area contributed by atoms with Gasteiger partial charge in [-0.25, -0.2) is 0 Å². The molecule has 1 aliphatic carbocycles. The summed E-state index contributed by atoms with van der Waals surface area (Å²) in [5, 5.41) is 2.47. The van der Waals surface area contributed by atoms with E-state index in [9.17, 15) is 0 Å². The largest absolute Gasteiger partial charge is 0.310 e. The van der Waals surface area contributed by atoms with Gasteiger partial charge in [0.15, 0.2) is 0 Å². The first-order valence-electron chi connectivity index (χ1n) is 23.1. The van der Waals surface area contributed by atoms with Crippen molar-refractivity contribution in [2.75, 3.05) is 9.80 Å². The second-order valence-electron chi connectivity index (χ2n) is 20.4. The molecule has 0 saturated heterocycles. The van der Waals surface area contributed by atoms with Crippen LogP contribution in [0.1, 0.15) is 77.6 Å². The van der Waals surface area contributed by atoms with Crippen molar-refractivity contribution < 1.29 is 0 Å². The third kappa shape index (κ3) is 7.93. The van der Waals surface area contributed by atoms with Crippen LogP contribution in [0.3, 0.4) is 0 Å². The fraction of sp³-hybridized carbons (Fsp3) is 0.175. The number of hydrogen-bond acceptors (Lipinski definition) is 2. The van der Waals surface area contributed by atoms with Crippen LogP contribution in [0.15, 0.2) is 206 Å². The van der Waals surface area contributed by atoms with Gasteiger partial charge in [0, 0.05) is 39.5 Å². The Hall–Kier alpha value is -7.16. The van der Waals surface area contributed by atoms with Crippen molar-refractivity contribution in [2.24, 2.45) is 0 Å². The predicted octanol–water partition coefficient (Wildman–Crippen LogP) is 18.0. The first-order valence-corrected chi connectivity index (χ1v) is 23.1. The third-order valence-corrected chi connectivity index (χ3v) is 13.6. The van der Waals surface area contributed by atoms with Gasteiger partial charge in [-0.3, -0.25) is 0 Å². The number of nitrogens with zero attached hydrogens (tertiary/aromatic N) is 2. The highest BCUT2D eigenvalue weighted by molar-refractivity contribution is 5.97. The number of hydrogen-bond donors (Lipinski definition) is 0. The van der Waals surface area contributed by atoms with Crippen LogP contribution in [0, 0.1) is 0 Å². The molecule has 0 unspecified atom stereocenters. The Morgan fingerprint density at radius 3 is 1.12 bits per heavy atom. The standard InChI is InChI=1S/C63H58N2/c1-61(2,3)49-24-33-53(34-25-49)64(51-28-19-45(20-29-51)43-15-11-9-12-16-43)55-32-23-47-40-58-57-38-37-56(42-60(57)63(7,8)59(58)41-48(47)39-55)65(54-35-26-50(27-36-54)62(4,5)6)52-30-21-46(22-31-52)44-17-13-10-14-18-44/h9-42H,1-8H3. The molecule has 0 aromatic heterocycles. The lowest BCUT2D eigenvalue weighted by Crippen LogP contribution is -2.17. The Morgan fingerprint density at radius 1 is 0.308 bits per heavy atom. The maximum Gasteiger partial charge on any atom is 0.0468 e. The minimum absolute atomic E-state index is 0.0680. The van der Waals surface area contributed by atoms with Gasteiger partial charge in [-0.1, -0.05) is 177 Å². The SMILES string of the molecule is CC(C)(C)c1ccc(N(c2ccc(-c3ccccc3)cc2)c2ccc3c(c2)C(C)(C)c2cc4cc(N(c5ccc(-c6ccccc6)cc5)c5ccc(C(C)(C)C)cc5)ccc4cc2-3)cc1. The summed E-state index contributed by atoms with van der Waals surface area (Å²) < 4.78 is 0.